The molecule has 0 saturated heterocycles. The van der Waals surface area contributed by atoms with Gasteiger partial charge in [0.05, 0.1) is 18.2 Å². The lowest BCUT2D eigenvalue weighted by Gasteiger charge is -2.29. The van der Waals surface area contributed by atoms with Crippen LogP contribution in [-0.4, -0.2) is 37.5 Å². The summed E-state index contributed by atoms with van der Waals surface area (Å²) < 4.78 is 1.80. The van der Waals surface area contributed by atoms with Crippen molar-refractivity contribution in [3.8, 4) is 0 Å². The van der Waals surface area contributed by atoms with Crippen LogP contribution in [0.1, 0.15) is 51.4 Å². The van der Waals surface area contributed by atoms with Gasteiger partial charge in [-0.1, -0.05) is 0 Å². The molecular formula is C13H19N3O3. The molecule has 1 N–H and O–H groups in total. The number of nitrogens with zero attached hydrogens (tertiary/aromatic N) is 3. The van der Waals surface area contributed by atoms with Crippen molar-refractivity contribution in [2.45, 2.75) is 51.7 Å². The number of carboxylic acids is 1. The summed E-state index contributed by atoms with van der Waals surface area (Å²) >= 11 is 0. The van der Waals surface area contributed by atoms with Gasteiger partial charge in [0.25, 0.3) is 0 Å². The molecule has 2 rings (SSSR count). The number of hydrogen-bond donors (Lipinski definition) is 1. The molecule has 1 heterocycles. The van der Waals surface area contributed by atoms with Gasteiger partial charge in [0.15, 0.2) is 6.04 Å². The molecule has 1 atom stereocenters. The maximum atomic E-state index is 11.8. The second-order valence-corrected chi connectivity index (χ2v) is 5.22. The van der Waals surface area contributed by atoms with Crippen molar-refractivity contribution >= 4 is 11.9 Å². The third-order valence-corrected chi connectivity index (χ3v) is 3.35. The first-order valence-electron chi connectivity index (χ1n) is 6.47. The maximum Gasteiger partial charge on any atom is 0.332 e. The largest absolute Gasteiger partial charge is 0.479 e. The third kappa shape index (κ3) is 2.62. The number of imidazole rings is 1. The van der Waals surface area contributed by atoms with Crippen molar-refractivity contribution in [1.82, 2.24) is 14.5 Å². The summed E-state index contributed by atoms with van der Waals surface area (Å²) in [5, 5.41) is 9.51. The predicted molar refractivity (Wildman–Crippen MR) is 68.5 cm³/mol. The van der Waals surface area contributed by atoms with E-state index in [9.17, 15) is 14.7 Å². The molecule has 1 aliphatic rings. The Labute approximate surface area is 112 Å². The standard InChI is InChI=1S/C13H19N3O3/c1-8(2)15-7-14-6-11(15)12(13(18)19)16(9(3)17)10-4-5-10/h6-8,10,12H,4-5H2,1-3H3,(H,18,19). The maximum absolute atomic E-state index is 11.8. The van der Waals surface area contributed by atoms with Crippen LogP contribution in [0.4, 0.5) is 0 Å². The molecule has 1 amide bonds. The molecule has 0 spiro atoms. The average Bonchev–Trinajstić information content (AvgIpc) is 3.01. The molecule has 104 valence electrons. The Morgan fingerprint density at radius 1 is 1.47 bits per heavy atom. The minimum absolute atomic E-state index is 0.0501. The molecular weight excluding hydrogens is 246 g/mol. The van der Waals surface area contributed by atoms with E-state index in [0.717, 1.165) is 12.8 Å². The monoisotopic (exact) mass is 265 g/mol. The Hall–Kier alpha value is -1.85. The number of hydrogen-bond acceptors (Lipinski definition) is 3. The van der Waals surface area contributed by atoms with Gasteiger partial charge in [-0.15, -0.1) is 0 Å². The van der Waals surface area contributed by atoms with Crippen molar-refractivity contribution in [3.63, 3.8) is 0 Å². The van der Waals surface area contributed by atoms with Gasteiger partial charge in [0.2, 0.25) is 5.91 Å². The highest BCUT2D eigenvalue weighted by atomic mass is 16.4. The van der Waals surface area contributed by atoms with E-state index in [2.05, 4.69) is 4.98 Å². The summed E-state index contributed by atoms with van der Waals surface area (Å²) in [5.74, 6) is -1.21. The average molecular weight is 265 g/mol. The number of aromatic nitrogens is 2. The minimum atomic E-state index is -1.01. The third-order valence-electron chi connectivity index (χ3n) is 3.35. The van der Waals surface area contributed by atoms with Crippen LogP contribution < -0.4 is 0 Å². The molecule has 0 bridgehead atoms. The van der Waals surface area contributed by atoms with E-state index in [4.69, 9.17) is 0 Å². The number of amides is 1. The zero-order valence-electron chi connectivity index (χ0n) is 11.4. The molecule has 1 aliphatic carbocycles. The first-order valence-corrected chi connectivity index (χ1v) is 6.47. The zero-order valence-corrected chi connectivity index (χ0v) is 11.4. The van der Waals surface area contributed by atoms with Crippen molar-refractivity contribution in [2.75, 3.05) is 0 Å². The molecule has 1 fully saturated rings. The van der Waals surface area contributed by atoms with Crippen LogP contribution in [0.15, 0.2) is 12.5 Å². The number of carboxylic acid groups (broad SMARTS) is 1. The van der Waals surface area contributed by atoms with Crippen molar-refractivity contribution in [3.05, 3.63) is 18.2 Å². The number of rotatable bonds is 5. The van der Waals surface area contributed by atoms with E-state index >= 15 is 0 Å². The van der Waals surface area contributed by atoms with Crippen LogP contribution in [-0.2, 0) is 9.59 Å². The minimum Gasteiger partial charge on any atom is -0.479 e. The van der Waals surface area contributed by atoms with E-state index in [0.29, 0.717) is 5.69 Å². The van der Waals surface area contributed by atoms with Gasteiger partial charge in [-0.25, -0.2) is 9.78 Å². The lowest BCUT2D eigenvalue weighted by atomic mass is 10.1. The molecule has 1 aromatic heterocycles. The topological polar surface area (TPSA) is 75.4 Å². The lowest BCUT2D eigenvalue weighted by Crippen LogP contribution is -2.40. The number of carbonyl (C=O) groups is 2. The second-order valence-electron chi connectivity index (χ2n) is 5.22. The number of carbonyl (C=O) groups excluding carboxylic acids is 1. The van der Waals surface area contributed by atoms with Gasteiger partial charge in [-0.05, 0) is 26.7 Å². The van der Waals surface area contributed by atoms with Gasteiger partial charge < -0.3 is 14.6 Å². The van der Waals surface area contributed by atoms with Crippen molar-refractivity contribution in [2.24, 2.45) is 0 Å². The Morgan fingerprint density at radius 3 is 2.53 bits per heavy atom. The fraction of sp³-hybridized carbons (Fsp3) is 0.615. The van der Waals surface area contributed by atoms with Crippen molar-refractivity contribution in [1.29, 1.82) is 0 Å². The smallest absolute Gasteiger partial charge is 0.332 e. The van der Waals surface area contributed by atoms with E-state index in [1.165, 1.54) is 18.0 Å². The zero-order chi connectivity index (χ0) is 14.2. The molecule has 1 aromatic rings. The van der Waals surface area contributed by atoms with Gasteiger partial charge in [0, 0.05) is 19.0 Å². The van der Waals surface area contributed by atoms with Crippen LogP contribution in [0.2, 0.25) is 0 Å². The Bertz CT molecular complexity index is 491. The summed E-state index contributed by atoms with van der Waals surface area (Å²) in [5.41, 5.74) is 0.560. The van der Waals surface area contributed by atoms with Crippen LogP contribution in [0.5, 0.6) is 0 Å². The van der Waals surface area contributed by atoms with Gasteiger partial charge in [-0.2, -0.15) is 0 Å². The predicted octanol–water partition coefficient (Wildman–Crippen LogP) is 1.60. The first-order chi connectivity index (χ1) is 8.93. The Morgan fingerprint density at radius 2 is 2.11 bits per heavy atom. The second kappa shape index (κ2) is 5.03. The molecule has 0 radical (unpaired) electrons. The highest BCUT2D eigenvalue weighted by Gasteiger charge is 2.41. The van der Waals surface area contributed by atoms with Crippen LogP contribution in [0.3, 0.4) is 0 Å². The van der Waals surface area contributed by atoms with Crippen LogP contribution in [0, 0.1) is 0 Å². The summed E-state index contributed by atoms with van der Waals surface area (Å²) in [6, 6.07) is -0.795. The first kappa shape index (κ1) is 13.6. The van der Waals surface area contributed by atoms with E-state index in [-0.39, 0.29) is 18.0 Å². The van der Waals surface area contributed by atoms with Gasteiger partial charge >= 0.3 is 5.97 Å². The summed E-state index contributed by atoms with van der Waals surface area (Å²) in [6.07, 6.45) is 4.90. The molecule has 0 aliphatic heterocycles. The molecule has 19 heavy (non-hydrogen) atoms. The fourth-order valence-electron chi connectivity index (χ4n) is 2.35. The Balaban J connectivity index is 2.41. The normalized spacial score (nSPS) is 16.4. The molecule has 1 unspecified atom stereocenters. The van der Waals surface area contributed by atoms with Gasteiger partial charge in [-0.3, -0.25) is 4.79 Å². The molecule has 1 saturated carbocycles. The fourth-order valence-corrected chi connectivity index (χ4v) is 2.35. The quantitative estimate of drug-likeness (QED) is 0.877. The Kier molecular flexibility index (Phi) is 3.59. The van der Waals surface area contributed by atoms with Crippen LogP contribution in [0.25, 0.3) is 0 Å². The van der Waals surface area contributed by atoms with E-state index < -0.39 is 12.0 Å². The van der Waals surface area contributed by atoms with E-state index in [1.54, 1.807) is 10.9 Å². The SMILES string of the molecule is CC(=O)N(C1CC1)C(C(=O)O)c1cncn1C(C)C. The van der Waals surface area contributed by atoms with E-state index in [1.807, 2.05) is 13.8 Å². The highest BCUT2D eigenvalue weighted by Crippen LogP contribution is 2.35. The number of aliphatic carboxylic acids is 1. The summed E-state index contributed by atoms with van der Waals surface area (Å²) in [4.78, 5) is 28.9. The van der Waals surface area contributed by atoms with Crippen molar-refractivity contribution < 1.29 is 14.7 Å². The van der Waals surface area contributed by atoms with Gasteiger partial charge in [0.1, 0.15) is 0 Å². The molecule has 6 nitrogen and oxygen atoms in total. The highest BCUT2D eigenvalue weighted by molar-refractivity contribution is 5.83. The van der Waals surface area contributed by atoms with Crippen LogP contribution >= 0.6 is 0 Å². The summed E-state index contributed by atoms with van der Waals surface area (Å²) in [6.45, 7) is 5.34. The summed E-state index contributed by atoms with van der Waals surface area (Å²) in [7, 11) is 0. The molecule has 6 heteroatoms. The lowest BCUT2D eigenvalue weighted by molar-refractivity contribution is -0.150. The molecule has 0 aromatic carbocycles.